The van der Waals surface area contributed by atoms with Crippen molar-refractivity contribution < 1.29 is 18.7 Å². The van der Waals surface area contributed by atoms with Crippen molar-refractivity contribution in [1.29, 1.82) is 0 Å². The fourth-order valence-corrected chi connectivity index (χ4v) is 2.27. The van der Waals surface area contributed by atoms with E-state index in [0.29, 0.717) is 12.3 Å². The van der Waals surface area contributed by atoms with Crippen molar-refractivity contribution in [3.05, 3.63) is 84.7 Å². The third-order valence-corrected chi connectivity index (χ3v) is 3.51. The Morgan fingerprint density at radius 1 is 1.12 bits per heavy atom. The van der Waals surface area contributed by atoms with Gasteiger partial charge in [-0.05, 0) is 36.4 Å². The van der Waals surface area contributed by atoms with Gasteiger partial charge in [0.2, 0.25) is 0 Å². The molecule has 0 spiro atoms. The Morgan fingerprint density at radius 2 is 1.88 bits per heavy atom. The molecule has 0 aliphatic rings. The lowest BCUT2D eigenvalue weighted by Gasteiger charge is -2.19. The van der Waals surface area contributed by atoms with Gasteiger partial charge in [-0.1, -0.05) is 18.2 Å². The fraction of sp³-hybridized carbons (Fsp3) is 0.158. The summed E-state index contributed by atoms with van der Waals surface area (Å²) < 4.78 is 26.0. The van der Waals surface area contributed by atoms with Gasteiger partial charge in [0.15, 0.2) is 6.10 Å². The van der Waals surface area contributed by atoms with Crippen LogP contribution in [0.1, 0.15) is 10.4 Å². The summed E-state index contributed by atoms with van der Waals surface area (Å²) in [7, 11) is 0. The van der Waals surface area contributed by atoms with Crippen molar-refractivity contribution in [2.75, 3.05) is 6.61 Å². The van der Waals surface area contributed by atoms with Crippen LogP contribution in [0.4, 0.5) is 4.39 Å². The van der Waals surface area contributed by atoms with Crippen LogP contribution < -0.4 is 4.74 Å². The molecule has 0 fully saturated rings. The molecular formula is C19H17FN2O3. The van der Waals surface area contributed by atoms with Gasteiger partial charge in [-0.3, -0.25) is 0 Å². The lowest BCUT2D eigenvalue weighted by Crippen LogP contribution is -2.29. The van der Waals surface area contributed by atoms with Crippen LogP contribution in [-0.2, 0) is 11.3 Å². The number of imidazole rings is 1. The minimum atomic E-state index is -0.526. The number of para-hydroxylation sites is 1. The van der Waals surface area contributed by atoms with E-state index in [9.17, 15) is 9.18 Å². The summed E-state index contributed by atoms with van der Waals surface area (Å²) in [6.07, 6.45) is 4.55. The van der Waals surface area contributed by atoms with Crippen molar-refractivity contribution >= 4 is 5.97 Å². The van der Waals surface area contributed by atoms with E-state index < -0.39 is 17.9 Å². The molecule has 0 radical (unpaired) electrons. The van der Waals surface area contributed by atoms with Crippen LogP contribution in [0, 0.1) is 5.82 Å². The summed E-state index contributed by atoms with van der Waals surface area (Å²) in [6, 6.07) is 14.5. The zero-order chi connectivity index (χ0) is 17.5. The summed E-state index contributed by atoms with van der Waals surface area (Å²) in [5.74, 6) is -0.239. The van der Waals surface area contributed by atoms with E-state index in [2.05, 4.69) is 4.98 Å². The third kappa shape index (κ3) is 4.91. The number of halogens is 1. The smallest absolute Gasteiger partial charge is 0.338 e. The van der Waals surface area contributed by atoms with Crippen molar-refractivity contribution in [1.82, 2.24) is 9.55 Å². The van der Waals surface area contributed by atoms with E-state index in [1.807, 2.05) is 30.3 Å². The van der Waals surface area contributed by atoms with Crippen molar-refractivity contribution in [2.24, 2.45) is 0 Å². The van der Waals surface area contributed by atoms with Gasteiger partial charge in [0.25, 0.3) is 0 Å². The first kappa shape index (κ1) is 16.7. The molecule has 3 rings (SSSR count). The summed E-state index contributed by atoms with van der Waals surface area (Å²) >= 11 is 0. The van der Waals surface area contributed by atoms with Crippen LogP contribution in [0.3, 0.4) is 0 Å². The SMILES string of the molecule is O=C(O[C@@H](COc1ccccc1)Cn1ccnc1)c1ccc(F)cc1. The van der Waals surface area contributed by atoms with E-state index in [-0.39, 0.29) is 12.2 Å². The summed E-state index contributed by atoms with van der Waals surface area (Å²) in [5, 5.41) is 0. The maximum Gasteiger partial charge on any atom is 0.338 e. The number of benzene rings is 2. The number of nitrogens with zero attached hydrogens (tertiary/aromatic N) is 2. The number of carbonyl (C=O) groups excluding carboxylic acids is 1. The first-order valence-electron chi connectivity index (χ1n) is 7.81. The van der Waals surface area contributed by atoms with E-state index >= 15 is 0 Å². The topological polar surface area (TPSA) is 53.4 Å². The Morgan fingerprint density at radius 3 is 2.56 bits per heavy atom. The van der Waals surface area contributed by atoms with Gasteiger partial charge in [0, 0.05) is 12.4 Å². The molecule has 0 aliphatic carbocycles. The first-order chi connectivity index (χ1) is 12.2. The molecule has 3 aromatic rings. The van der Waals surface area contributed by atoms with Gasteiger partial charge in [-0.15, -0.1) is 0 Å². The quantitative estimate of drug-likeness (QED) is 0.619. The minimum Gasteiger partial charge on any atom is -0.490 e. The molecule has 0 N–H and O–H groups in total. The molecule has 1 heterocycles. The predicted octanol–water partition coefficient (Wildman–Crippen LogP) is 3.33. The molecule has 2 aromatic carbocycles. The molecule has 25 heavy (non-hydrogen) atoms. The number of hydrogen-bond donors (Lipinski definition) is 0. The summed E-state index contributed by atoms with van der Waals surface area (Å²) in [5.41, 5.74) is 0.289. The molecular weight excluding hydrogens is 323 g/mol. The second kappa shape index (κ2) is 8.10. The minimum absolute atomic E-state index is 0.190. The highest BCUT2D eigenvalue weighted by atomic mass is 19.1. The normalized spacial score (nSPS) is 11.7. The second-order valence-electron chi connectivity index (χ2n) is 5.42. The lowest BCUT2D eigenvalue weighted by molar-refractivity contribution is 0.0125. The third-order valence-electron chi connectivity index (χ3n) is 3.51. The number of ether oxygens (including phenoxy) is 2. The number of aromatic nitrogens is 2. The molecule has 1 aromatic heterocycles. The van der Waals surface area contributed by atoms with Crippen LogP contribution in [0.5, 0.6) is 5.75 Å². The Labute approximate surface area is 144 Å². The number of rotatable bonds is 7. The number of esters is 1. The van der Waals surface area contributed by atoms with Gasteiger partial charge >= 0.3 is 5.97 Å². The zero-order valence-electron chi connectivity index (χ0n) is 13.4. The van der Waals surface area contributed by atoms with Crippen molar-refractivity contribution in [2.45, 2.75) is 12.6 Å². The highest BCUT2D eigenvalue weighted by Crippen LogP contribution is 2.12. The van der Waals surface area contributed by atoms with Crippen LogP contribution in [0.15, 0.2) is 73.3 Å². The predicted molar refractivity (Wildman–Crippen MR) is 89.8 cm³/mol. The van der Waals surface area contributed by atoms with E-state index in [1.54, 1.807) is 23.3 Å². The molecule has 0 amide bonds. The molecule has 5 nitrogen and oxygen atoms in total. The maximum atomic E-state index is 13.0. The van der Waals surface area contributed by atoms with E-state index in [4.69, 9.17) is 9.47 Å². The average Bonchev–Trinajstić information content (AvgIpc) is 3.14. The van der Waals surface area contributed by atoms with Gasteiger partial charge in [-0.2, -0.15) is 0 Å². The fourth-order valence-electron chi connectivity index (χ4n) is 2.27. The molecule has 128 valence electrons. The molecule has 6 heteroatoms. The van der Waals surface area contributed by atoms with Crippen LogP contribution in [0.25, 0.3) is 0 Å². The van der Waals surface area contributed by atoms with Gasteiger partial charge in [-0.25, -0.2) is 14.2 Å². The Kier molecular flexibility index (Phi) is 5.41. The van der Waals surface area contributed by atoms with Crippen LogP contribution in [-0.4, -0.2) is 28.2 Å². The van der Waals surface area contributed by atoms with Gasteiger partial charge < -0.3 is 14.0 Å². The van der Waals surface area contributed by atoms with Crippen molar-refractivity contribution in [3.8, 4) is 5.75 Å². The van der Waals surface area contributed by atoms with Crippen LogP contribution >= 0.6 is 0 Å². The first-order valence-corrected chi connectivity index (χ1v) is 7.81. The molecule has 0 saturated carbocycles. The second-order valence-corrected chi connectivity index (χ2v) is 5.42. The standard InChI is InChI=1S/C19H17FN2O3/c20-16-8-6-15(7-9-16)19(23)25-18(12-22-11-10-21-14-22)13-24-17-4-2-1-3-5-17/h1-11,14,18H,12-13H2/t18-/m1/s1. The maximum absolute atomic E-state index is 13.0. The molecule has 0 bridgehead atoms. The highest BCUT2D eigenvalue weighted by Gasteiger charge is 2.18. The molecule has 0 unspecified atom stereocenters. The Balaban J connectivity index is 1.66. The number of hydrogen-bond acceptors (Lipinski definition) is 4. The van der Waals surface area contributed by atoms with Gasteiger partial charge in [0.1, 0.15) is 18.2 Å². The molecule has 0 aliphatic heterocycles. The number of carbonyl (C=O) groups is 1. The monoisotopic (exact) mass is 340 g/mol. The van der Waals surface area contributed by atoms with Crippen LogP contribution in [0.2, 0.25) is 0 Å². The van der Waals surface area contributed by atoms with Gasteiger partial charge in [0.05, 0.1) is 18.4 Å². The molecule has 0 saturated heterocycles. The largest absolute Gasteiger partial charge is 0.490 e. The molecule has 1 atom stereocenters. The average molecular weight is 340 g/mol. The highest BCUT2D eigenvalue weighted by molar-refractivity contribution is 5.89. The summed E-state index contributed by atoms with van der Waals surface area (Å²) in [4.78, 5) is 16.3. The lowest BCUT2D eigenvalue weighted by atomic mass is 10.2. The Bertz CT molecular complexity index is 789. The van der Waals surface area contributed by atoms with E-state index in [1.165, 1.54) is 24.3 Å². The summed E-state index contributed by atoms with van der Waals surface area (Å²) in [6.45, 7) is 0.592. The zero-order valence-corrected chi connectivity index (χ0v) is 13.4. The van der Waals surface area contributed by atoms with E-state index in [0.717, 1.165) is 0 Å². The van der Waals surface area contributed by atoms with Crippen molar-refractivity contribution in [3.63, 3.8) is 0 Å². The Hall–Kier alpha value is -3.15.